The van der Waals surface area contributed by atoms with Crippen molar-refractivity contribution in [2.75, 3.05) is 18.1 Å². The molecule has 2 aromatic heterocycles. The number of hydrogen-bond donors (Lipinski definition) is 0. The summed E-state index contributed by atoms with van der Waals surface area (Å²) in [5.41, 5.74) is 0.166. The molecule has 0 unspecified atom stereocenters. The lowest BCUT2D eigenvalue weighted by molar-refractivity contribution is 0.0910. The predicted octanol–water partition coefficient (Wildman–Crippen LogP) is 3.70. The third kappa shape index (κ3) is 3.19. The van der Waals surface area contributed by atoms with Crippen molar-refractivity contribution >= 4 is 32.6 Å². The molecule has 1 atom stereocenters. The van der Waals surface area contributed by atoms with Gasteiger partial charge in [0.25, 0.3) is 5.91 Å². The van der Waals surface area contributed by atoms with Crippen molar-refractivity contribution in [3.8, 4) is 0 Å². The summed E-state index contributed by atoms with van der Waals surface area (Å²) in [7, 11) is 0. The van der Waals surface area contributed by atoms with Crippen molar-refractivity contribution in [3.63, 3.8) is 0 Å². The van der Waals surface area contributed by atoms with Gasteiger partial charge >= 0.3 is 0 Å². The van der Waals surface area contributed by atoms with Gasteiger partial charge in [0.05, 0.1) is 17.3 Å². The summed E-state index contributed by atoms with van der Waals surface area (Å²) in [6, 6.07) is 3.51. The first-order valence-corrected chi connectivity index (χ1v) is 8.95. The highest BCUT2D eigenvalue weighted by molar-refractivity contribution is 7.22. The zero-order chi connectivity index (χ0) is 18.3. The number of benzene rings is 1. The lowest BCUT2D eigenvalue weighted by Crippen LogP contribution is -2.37. The first-order valence-electron chi connectivity index (χ1n) is 8.13. The maximum Gasteiger partial charge on any atom is 0.282 e. The molecular weight excluding hydrogens is 364 g/mol. The first-order chi connectivity index (χ1) is 12.5. The second-order valence-corrected chi connectivity index (χ2v) is 7.11. The summed E-state index contributed by atoms with van der Waals surface area (Å²) in [4.78, 5) is 18.5. The lowest BCUT2D eigenvalue weighted by Gasteiger charge is -2.21. The summed E-state index contributed by atoms with van der Waals surface area (Å²) in [5, 5.41) is 4.03. The van der Waals surface area contributed by atoms with Crippen molar-refractivity contribution in [3.05, 3.63) is 41.3 Å². The zero-order valence-corrected chi connectivity index (χ0v) is 14.7. The van der Waals surface area contributed by atoms with Crippen LogP contribution in [0.2, 0.25) is 0 Å². The Labute approximate surface area is 151 Å². The molecule has 0 N–H and O–H groups in total. The van der Waals surface area contributed by atoms with Gasteiger partial charge in [-0.3, -0.25) is 9.69 Å². The lowest BCUT2D eigenvalue weighted by atomic mass is 10.2. The van der Waals surface area contributed by atoms with Gasteiger partial charge in [-0.25, -0.2) is 13.8 Å². The molecule has 0 aliphatic carbocycles. The molecule has 0 saturated carbocycles. The van der Waals surface area contributed by atoms with Gasteiger partial charge in [0, 0.05) is 18.7 Å². The van der Waals surface area contributed by atoms with E-state index in [0.717, 1.165) is 30.2 Å². The van der Waals surface area contributed by atoms with E-state index < -0.39 is 17.5 Å². The second-order valence-electron chi connectivity index (χ2n) is 6.10. The largest absolute Gasteiger partial charge is 0.376 e. The first kappa shape index (κ1) is 17.0. The van der Waals surface area contributed by atoms with E-state index in [2.05, 4.69) is 10.1 Å². The zero-order valence-electron chi connectivity index (χ0n) is 13.9. The quantitative estimate of drug-likeness (QED) is 0.691. The van der Waals surface area contributed by atoms with Gasteiger partial charge in [-0.15, -0.1) is 0 Å². The van der Waals surface area contributed by atoms with Gasteiger partial charge in [0.15, 0.2) is 16.6 Å². The van der Waals surface area contributed by atoms with Gasteiger partial charge in [-0.2, -0.15) is 0 Å². The molecule has 3 aromatic rings. The summed E-state index contributed by atoms with van der Waals surface area (Å²) >= 11 is 1.05. The van der Waals surface area contributed by atoms with E-state index in [4.69, 9.17) is 9.26 Å². The van der Waals surface area contributed by atoms with E-state index in [9.17, 15) is 13.6 Å². The minimum atomic E-state index is -0.760. The van der Waals surface area contributed by atoms with Gasteiger partial charge in [0.2, 0.25) is 0 Å². The molecule has 26 heavy (non-hydrogen) atoms. The fraction of sp³-hybridized carbons (Fsp3) is 0.353. The van der Waals surface area contributed by atoms with Crippen LogP contribution >= 0.6 is 11.3 Å². The van der Waals surface area contributed by atoms with Gasteiger partial charge in [-0.05, 0) is 25.8 Å². The van der Waals surface area contributed by atoms with E-state index in [1.54, 1.807) is 6.92 Å². The number of anilines is 1. The molecule has 0 spiro atoms. The number of thiazole rings is 1. The molecule has 4 rings (SSSR count). The molecule has 1 aliphatic heterocycles. The highest BCUT2D eigenvalue weighted by Crippen LogP contribution is 2.32. The van der Waals surface area contributed by atoms with Crippen LogP contribution < -0.4 is 4.90 Å². The second kappa shape index (κ2) is 6.73. The van der Waals surface area contributed by atoms with Crippen molar-refractivity contribution in [1.82, 2.24) is 10.1 Å². The van der Waals surface area contributed by atoms with Crippen molar-refractivity contribution in [1.29, 1.82) is 0 Å². The topological polar surface area (TPSA) is 68.5 Å². The average Bonchev–Trinajstić information content (AvgIpc) is 3.32. The van der Waals surface area contributed by atoms with Crippen LogP contribution in [0.1, 0.15) is 29.1 Å². The number of fused-ring (bicyclic) bond motifs is 1. The number of carbonyl (C=O) groups is 1. The number of amides is 1. The van der Waals surface area contributed by atoms with Crippen LogP contribution in [0.5, 0.6) is 0 Å². The Bertz CT molecular complexity index is 965. The Morgan fingerprint density at radius 2 is 2.23 bits per heavy atom. The predicted molar refractivity (Wildman–Crippen MR) is 91.4 cm³/mol. The molecule has 1 amide bonds. The minimum Gasteiger partial charge on any atom is -0.376 e. The van der Waals surface area contributed by atoms with Crippen LogP contribution in [0.15, 0.2) is 22.7 Å². The maximum absolute atomic E-state index is 14.0. The van der Waals surface area contributed by atoms with Gasteiger partial charge < -0.3 is 9.26 Å². The monoisotopic (exact) mass is 379 g/mol. The third-order valence-corrected chi connectivity index (χ3v) is 5.16. The third-order valence-electron chi connectivity index (χ3n) is 4.14. The van der Waals surface area contributed by atoms with Crippen LogP contribution in [0, 0.1) is 18.6 Å². The summed E-state index contributed by atoms with van der Waals surface area (Å²) in [6.45, 7) is 2.58. The molecule has 1 fully saturated rings. The number of rotatable bonds is 4. The molecule has 1 aromatic carbocycles. The maximum atomic E-state index is 14.0. The van der Waals surface area contributed by atoms with E-state index >= 15 is 0 Å². The van der Waals surface area contributed by atoms with Crippen LogP contribution in [0.4, 0.5) is 13.9 Å². The highest BCUT2D eigenvalue weighted by Gasteiger charge is 2.29. The van der Waals surface area contributed by atoms with Crippen LogP contribution in [0.3, 0.4) is 0 Å². The van der Waals surface area contributed by atoms with Crippen LogP contribution in [-0.4, -0.2) is 35.3 Å². The number of ether oxygens (including phenoxy) is 1. The molecule has 9 heteroatoms. The number of nitrogens with zero attached hydrogens (tertiary/aromatic N) is 3. The molecule has 1 aliphatic rings. The van der Waals surface area contributed by atoms with Gasteiger partial charge in [0.1, 0.15) is 17.1 Å². The molecule has 3 heterocycles. The Morgan fingerprint density at radius 1 is 1.38 bits per heavy atom. The average molecular weight is 379 g/mol. The Kier molecular flexibility index (Phi) is 4.41. The minimum absolute atomic E-state index is 0.0351. The molecule has 1 saturated heterocycles. The normalized spacial score (nSPS) is 17.1. The van der Waals surface area contributed by atoms with Gasteiger partial charge in [-0.1, -0.05) is 16.5 Å². The number of carbonyl (C=O) groups excluding carboxylic acids is 1. The highest BCUT2D eigenvalue weighted by atomic mass is 32.1. The van der Waals surface area contributed by atoms with Crippen LogP contribution in [-0.2, 0) is 4.74 Å². The van der Waals surface area contributed by atoms with Crippen molar-refractivity contribution < 1.29 is 22.8 Å². The summed E-state index contributed by atoms with van der Waals surface area (Å²) in [5.74, 6) is -1.36. The fourth-order valence-electron chi connectivity index (χ4n) is 2.91. The van der Waals surface area contributed by atoms with Crippen molar-refractivity contribution in [2.24, 2.45) is 0 Å². The smallest absolute Gasteiger partial charge is 0.282 e. The molecular formula is C17H15F2N3O3S. The molecule has 6 nitrogen and oxygen atoms in total. The molecule has 0 bridgehead atoms. The summed E-state index contributed by atoms with van der Waals surface area (Å²) in [6.07, 6.45) is 1.59. The Balaban J connectivity index is 1.74. The number of aryl methyl sites for hydroxylation is 1. The van der Waals surface area contributed by atoms with Crippen LogP contribution in [0.25, 0.3) is 10.2 Å². The fourth-order valence-corrected chi connectivity index (χ4v) is 3.92. The van der Waals surface area contributed by atoms with E-state index in [0.29, 0.717) is 17.1 Å². The molecule has 136 valence electrons. The number of aromatic nitrogens is 2. The van der Waals surface area contributed by atoms with Crippen molar-refractivity contribution in [2.45, 2.75) is 25.9 Å². The Hall–Kier alpha value is -2.39. The van der Waals surface area contributed by atoms with E-state index in [1.165, 1.54) is 17.0 Å². The SMILES string of the molecule is Cc1cc(C(=O)N(C[C@@H]2CCCO2)c2nc3c(F)cc(F)cc3s2)no1. The van der Waals surface area contributed by atoms with E-state index in [1.807, 2.05) is 0 Å². The summed E-state index contributed by atoms with van der Waals surface area (Å²) < 4.78 is 38.4. The number of hydrogen-bond acceptors (Lipinski definition) is 6. The van der Waals surface area contributed by atoms with E-state index in [-0.39, 0.29) is 29.0 Å². The Morgan fingerprint density at radius 3 is 2.92 bits per heavy atom. The molecule has 0 radical (unpaired) electrons. The standard InChI is InChI=1S/C17H15F2N3O3S/c1-9-5-13(21-25-9)16(23)22(8-11-3-2-4-24-11)17-20-15-12(19)6-10(18)7-14(15)26-17/h5-7,11H,2-4,8H2,1H3/t11-/m0/s1. The number of halogens is 2.